The van der Waals surface area contributed by atoms with Crippen LogP contribution in [0.3, 0.4) is 0 Å². The Morgan fingerprint density at radius 3 is 3.05 bits per heavy atom. The number of hydrogen-bond donors (Lipinski definition) is 0. The van der Waals surface area contributed by atoms with Crippen LogP contribution in [0.2, 0.25) is 0 Å². The van der Waals surface area contributed by atoms with E-state index in [1.165, 1.54) is 6.42 Å². The molecule has 118 valence electrons. The monoisotopic (exact) mass is 303 g/mol. The van der Waals surface area contributed by atoms with Crippen molar-refractivity contribution in [3.63, 3.8) is 0 Å². The summed E-state index contributed by atoms with van der Waals surface area (Å²) in [6.07, 6.45) is 4.75. The fourth-order valence-electron chi connectivity index (χ4n) is 2.46. The molecule has 2 aromatic rings. The Kier molecular flexibility index (Phi) is 5.03. The molecule has 1 atom stereocenters. The predicted octanol–water partition coefficient (Wildman–Crippen LogP) is 2.40. The number of aromatic nitrogens is 3. The molecular formula is C16H21N3O3. The number of rotatable bonds is 6. The lowest BCUT2D eigenvalue weighted by atomic mass is 10.2. The average Bonchev–Trinajstić information content (AvgIpc) is 2.99. The molecule has 0 amide bonds. The van der Waals surface area contributed by atoms with Crippen LogP contribution < -0.4 is 4.74 Å². The van der Waals surface area contributed by atoms with Gasteiger partial charge in [-0.1, -0.05) is 12.1 Å². The molecule has 1 aliphatic rings. The van der Waals surface area contributed by atoms with Gasteiger partial charge in [0.2, 0.25) is 0 Å². The van der Waals surface area contributed by atoms with E-state index in [0.29, 0.717) is 13.2 Å². The van der Waals surface area contributed by atoms with Gasteiger partial charge in [0.1, 0.15) is 18.7 Å². The normalized spacial score (nSPS) is 18.3. The van der Waals surface area contributed by atoms with E-state index in [1.54, 1.807) is 11.0 Å². The Balaban J connectivity index is 1.49. The molecule has 1 aromatic carbocycles. The molecule has 1 aromatic heterocycles. The van der Waals surface area contributed by atoms with Crippen molar-refractivity contribution < 1.29 is 14.2 Å². The van der Waals surface area contributed by atoms with Crippen molar-refractivity contribution in [1.29, 1.82) is 0 Å². The third kappa shape index (κ3) is 3.84. The molecule has 6 nitrogen and oxygen atoms in total. The van der Waals surface area contributed by atoms with Crippen LogP contribution in [-0.2, 0) is 16.5 Å². The van der Waals surface area contributed by atoms with Crippen molar-refractivity contribution in [1.82, 2.24) is 14.8 Å². The molecule has 2 heterocycles. The summed E-state index contributed by atoms with van der Waals surface area (Å²) in [4.78, 5) is 4.24. The van der Waals surface area contributed by atoms with Crippen molar-refractivity contribution in [2.45, 2.75) is 25.6 Å². The van der Waals surface area contributed by atoms with Crippen LogP contribution in [0.15, 0.2) is 30.6 Å². The summed E-state index contributed by atoms with van der Waals surface area (Å²) in [7, 11) is 1.87. The average molecular weight is 303 g/mol. The van der Waals surface area contributed by atoms with Gasteiger partial charge in [0.15, 0.2) is 12.1 Å². The summed E-state index contributed by atoms with van der Waals surface area (Å²) in [5.74, 6) is 1.62. The second kappa shape index (κ2) is 7.38. The number of aryl methyl sites for hydroxylation is 1. The molecule has 1 saturated heterocycles. The Labute approximate surface area is 130 Å². The molecule has 0 N–H and O–H groups in total. The number of ether oxygens (including phenoxy) is 3. The topological polar surface area (TPSA) is 58.4 Å². The van der Waals surface area contributed by atoms with Gasteiger partial charge in [-0.2, -0.15) is 5.10 Å². The maximum absolute atomic E-state index is 5.74. The summed E-state index contributed by atoms with van der Waals surface area (Å²) < 4.78 is 18.6. The lowest BCUT2D eigenvalue weighted by molar-refractivity contribution is -0.165. The molecular weight excluding hydrogens is 282 g/mol. The smallest absolute Gasteiger partial charge is 0.157 e. The molecule has 1 aliphatic heterocycles. The zero-order chi connectivity index (χ0) is 15.2. The second-order valence-electron chi connectivity index (χ2n) is 5.25. The van der Waals surface area contributed by atoms with E-state index in [9.17, 15) is 0 Å². The summed E-state index contributed by atoms with van der Waals surface area (Å²) in [6, 6.07) is 7.83. The van der Waals surface area contributed by atoms with Crippen LogP contribution >= 0.6 is 0 Å². The van der Waals surface area contributed by atoms with Gasteiger partial charge in [-0.3, -0.25) is 0 Å². The summed E-state index contributed by atoms with van der Waals surface area (Å²) in [5.41, 5.74) is 0.981. The molecule has 0 spiro atoms. The molecule has 22 heavy (non-hydrogen) atoms. The quantitative estimate of drug-likeness (QED) is 0.767. The van der Waals surface area contributed by atoms with E-state index in [0.717, 1.165) is 36.6 Å². The Hall–Kier alpha value is -1.92. The summed E-state index contributed by atoms with van der Waals surface area (Å²) >= 11 is 0. The molecule has 0 bridgehead atoms. The largest absolute Gasteiger partial charge is 0.491 e. The minimum Gasteiger partial charge on any atom is -0.491 e. The van der Waals surface area contributed by atoms with Crippen molar-refractivity contribution in [2.75, 3.05) is 19.8 Å². The van der Waals surface area contributed by atoms with Crippen molar-refractivity contribution in [3.8, 4) is 17.1 Å². The number of benzene rings is 1. The fourth-order valence-corrected chi connectivity index (χ4v) is 2.46. The molecule has 0 saturated carbocycles. The van der Waals surface area contributed by atoms with Crippen LogP contribution in [-0.4, -0.2) is 40.9 Å². The minimum atomic E-state index is -0.0673. The minimum absolute atomic E-state index is 0.0673. The van der Waals surface area contributed by atoms with Gasteiger partial charge in [-0.05, 0) is 31.4 Å². The molecule has 0 aliphatic carbocycles. The van der Waals surface area contributed by atoms with E-state index in [-0.39, 0.29) is 6.29 Å². The van der Waals surface area contributed by atoms with Crippen molar-refractivity contribution in [3.05, 3.63) is 30.6 Å². The van der Waals surface area contributed by atoms with Gasteiger partial charge in [0.25, 0.3) is 0 Å². The first-order valence-corrected chi connectivity index (χ1v) is 7.63. The Bertz CT molecular complexity index is 594. The highest BCUT2D eigenvalue weighted by Gasteiger charge is 2.13. The van der Waals surface area contributed by atoms with Gasteiger partial charge >= 0.3 is 0 Å². The maximum Gasteiger partial charge on any atom is 0.157 e. The standard InChI is InChI=1S/C16H21N3O3/c1-19-16(17-12-18-19)13-5-4-6-14(11-13)20-9-10-22-15-7-2-3-8-21-15/h4-6,11-12,15H,2-3,7-10H2,1H3. The highest BCUT2D eigenvalue weighted by molar-refractivity contribution is 5.57. The number of nitrogens with zero attached hydrogens (tertiary/aromatic N) is 3. The summed E-state index contributed by atoms with van der Waals surface area (Å²) in [6.45, 7) is 1.83. The second-order valence-corrected chi connectivity index (χ2v) is 5.25. The molecule has 0 radical (unpaired) electrons. The van der Waals surface area contributed by atoms with Gasteiger partial charge in [-0.25, -0.2) is 9.67 Å². The third-order valence-corrected chi connectivity index (χ3v) is 3.60. The number of hydrogen-bond acceptors (Lipinski definition) is 5. The van der Waals surface area contributed by atoms with Crippen molar-refractivity contribution >= 4 is 0 Å². The van der Waals surface area contributed by atoms with Crippen LogP contribution in [0.1, 0.15) is 19.3 Å². The molecule has 3 rings (SSSR count). The first-order chi connectivity index (χ1) is 10.8. The predicted molar refractivity (Wildman–Crippen MR) is 81.5 cm³/mol. The first kappa shape index (κ1) is 15.0. The van der Waals surface area contributed by atoms with Gasteiger partial charge in [0, 0.05) is 19.2 Å². The van der Waals surface area contributed by atoms with Crippen LogP contribution in [0.25, 0.3) is 11.4 Å². The van der Waals surface area contributed by atoms with Gasteiger partial charge in [0.05, 0.1) is 6.61 Å². The first-order valence-electron chi connectivity index (χ1n) is 7.63. The van der Waals surface area contributed by atoms with E-state index < -0.39 is 0 Å². The molecule has 1 fully saturated rings. The van der Waals surface area contributed by atoms with E-state index in [1.807, 2.05) is 31.3 Å². The van der Waals surface area contributed by atoms with Crippen molar-refractivity contribution in [2.24, 2.45) is 7.05 Å². The molecule has 6 heteroatoms. The van der Waals surface area contributed by atoms with E-state index >= 15 is 0 Å². The van der Waals surface area contributed by atoms with E-state index in [4.69, 9.17) is 14.2 Å². The zero-order valence-electron chi connectivity index (χ0n) is 12.8. The van der Waals surface area contributed by atoms with E-state index in [2.05, 4.69) is 10.1 Å². The van der Waals surface area contributed by atoms with Crippen LogP contribution in [0, 0.1) is 0 Å². The highest BCUT2D eigenvalue weighted by atomic mass is 16.7. The Morgan fingerprint density at radius 2 is 2.27 bits per heavy atom. The Morgan fingerprint density at radius 1 is 1.32 bits per heavy atom. The van der Waals surface area contributed by atoms with Gasteiger partial charge < -0.3 is 14.2 Å². The lowest BCUT2D eigenvalue weighted by Gasteiger charge is -2.22. The van der Waals surface area contributed by atoms with Gasteiger partial charge in [-0.15, -0.1) is 0 Å². The van der Waals surface area contributed by atoms with Crippen LogP contribution in [0.5, 0.6) is 5.75 Å². The highest BCUT2D eigenvalue weighted by Crippen LogP contribution is 2.21. The fraction of sp³-hybridized carbons (Fsp3) is 0.500. The molecule has 1 unspecified atom stereocenters. The SMILES string of the molecule is Cn1ncnc1-c1cccc(OCCOC2CCCCO2)c1. The lowest BCUT2D eigenvalue weighted by Crippen LogP contribution is -2.24. The maximum atomic E-state index is 5.74. The third-order valence-electron chi connectivity index (χ3n) is 3.60. The zero-order valence-corrected chi connectivity index (χ0v) is 12.8. The summed E-state index contributed by atoms with van der Waals surface area (Å²) in [5, 5.41) is 4.08. The van der Waals surface area contributed by atoms with Crippen LogP contribution in [0.4, 0.5) is 0 Å².